The van der Waals surface area contributed by atoms with Gasteiger partial charge in [0.2, 0.25) is 0 Å². The molecule has 0 saturated carbocycles. The lowest BCUT2D eigenvalue weighted by Crippen LogP contribution is -2.02. The van der Waals surface area contributed by atoms with Crippen molar-refractivity contribution in [1.29, 1.82) is 0 Å². The van der Waals surface area contributed by atoms with Gasteiger partial charge in [0.1, 0.15) is 0 Å². The van der Waals surface area contributed by atoms with Crippen LogP contribution in [0.1, 0.15) is 13.8 Å². The fourth-order valence-electron chi connectivity index (χ4n) is 0.282. The van der Waals surface area contributed by atoms with Crippen molar-refractivity contribution in [1.82, 2.24) is 0 Å². The second-order valence-electron chi connectivity index (χ2n) is 2.02. The molecule has 0 rings (SSSR count). The molecule has 1 N–H and O–H groups in total. The van der Waals surface area contributed by atoms with Crippen molar-refractivity contribution in [3.8, 4) is 0 Å². The number of rotatable bonds is 3. The Labute approximate surface area is 62.2 Å². The Morgan fingerprint density at radius 1 is 1.60 bits per heavy atom. The lowest BCUT2D eigenvalue weighted by molar-refractivity contribution is -0.131. The molecule has 0 aliphatic carbocycles. The van der Waals surface area contributed by atoms with Crippen molar-refractivity contribution in [2.75, 3.05) is 0 Å². The molecule has 0 heterocycles. The molecule has 0 amide bonds. The molecule has 1 atom stereocenters. The van der Waals surface area contributed by atoms with E-state index in [4.69, 9.17) is 5.11 Å². The van der Waals surface area contributed by atoms with Gasteiger partial charge in [-0.15, -0.1) is 0 Å². The second kappa shape index (κ2) is 4.22. The summed E-state index contributed by atoms with van der Waals surface area (Å²) in [5.41, 5.74) is 0. The van der Waals surface area contributed by atoms with Crippen LogP contribution in [0.5, 0.6) is 0 Å². The van der Waals surface area contributed by atoms with Gasteiger partial charge in [-0.3, -0.25) is 4.21 Å². The molecule has 0 aliphatic rings. The van der Waals surface area contributed by atoms with Crippen LogP contribution in [-0.2, 0) is 15.6 Å². The van der Waals surface area contributed by atoms with E-state index in [1.165, 1.54) is 5.41 Å². The van der Waals surface area contributed by atoms with E-state index in [9.17, 15) is 9.00 Å². The lowest BCUT2D eigenvalue weighted by atomic mass is 10.6. The Morgan fingerprint density at radius 2 is 2.10 bits per heavy atom. The summed E-state index contributed by atoms with van der Waals surface area (Å²) in [7, 11) is -1.15. The quantitative estimate of drug-likeness (QED) is 0.623. The number of carboxylic acid groups (broad SMARTS) is 1. The number of hydrogen-bond donors (Lipinski definition) is 1. The molecule has 0 spiro atoms. The van der Waals surface area contributed by atoms with Crippen molar-refractivity contribution in [2.45, 2.75) is 19.1 Å². The molecule has 0 aromatic rings. The van der Waals surface area contributed by atoms with Crippen molar-refractivity contribution in [3.63, 3.8) is 0 Å². The molecule has 0 bridgehead atoms. The minimum atomic E-state index is -1.15. The summed E-state index contributed by atoms with van der Waals surface area (Å²) in [6.07, 6.45) is 0.899. The molecule has 0 aliphatic heterocycles. The number of carboxylic acids is 1. The molecular formula is C6H10O3S. The fourth-order valence-corrected chi connectivity index (χ4v) is 0.847. The molecule has 1 unspecified atom stereocenters. The monoisotopic (exact) mass is 162 g/mol. The van der Waals surface area contributed by atoms with E-state index in [0.29, 0.717) is 0 Å². The third-order valence-electron chi connectivity index (χ3n) is 0.809. The van der Waals surface area contributed by atoms with Crippen LogP contribution in [0.15, 0.2) is 11.5 Å². The van der Waals surface area contributed by atoms with Gasteiger partial charge in [0.25, 0.3) is 0 Å². The third kappa shape index (κ3) is 4.26. The molecule has 58 valence electrons. The van der Waals surface area contributed by atoms with Crippen molar-refractivity contribution in [2.24, 2.45) is 0 Å². The predicted octanol–water partition coefficient (Wildman–Crippen LogP) is 0.742. The zero-order valence-corrected chi connectivity index (χ0v) is 6.72. The van der Waals surface area contributed by atoms with Gasteiger partial charge < -0.3 is 5.11 Å². The van der Waals surface area contributed by atoms with Gasteiger partial charge in [-0.05, 0) is 0 Å². The first kappa shape index (κ1) is 9.36. The average molecular weight is 162 g/mol. The highest BCUT2D eigenvalue weighted by molar-refractivity contribution is 7.88. The maximum absolute atomic E-state index is 10.8. The van der Waals surface area contributed by atoms with Crippen LogP contribution in [0.25, 0.3) is 0 Å². The Hall–Kier alpha value is -0.640. The molecule has 0 saturated heterocycles. The summed E-state index contributed by atoms with van der Waals surface area (Å²) < 4.78 is 10.8. The highest BCUT2D eigenvalue weighted by Crippen LogP contribution is 1.94. The van der Waals surface area contributed by atoms with Crippen LogP contribution in [0.4, 0.5) is 0 Å². The van der Waals surface area contributed by atoms with Gasteiger partial charge in [0.05, 0.1) is 0 Å². The van der Waals surface area contributed by atoms with Gasteiger partial charge >= 0.3 is 5.97 Å². The lowest BCUT2D eigenvalue weighted by Gasteiger charge is -1.95. The topological polar surface area (TPSA) is 54.4 Å². The van der Waals surface area contributed by atoms with Gasteiger partial charge in [-0.2, -0.15) is 0 Å². The van der Waals surface area contributed by atoms with Gasteiger partial charge in [0, 0.05) is 27.5 Å². The van der Waals surface area contributed by atoms with E-state index in [2.05, 4.69) is 0 Å². The Balaban J connectivity index is 3.90. The summed E-state index contributed by atoms with van der Waals surface area (Å²) in [5, 5.41) is 9.29. The third-order valence-corrected chi connectivity index (χ3v) is 2.14. The Bertz CT molecular complexity index is 172. The highest BCUT2D eigenvalue weighted by Gasteiger charge is 1.99. The number of carbonyl (C=O) groups is 1. The van der Waals surface area contributed by atoms with E-state index in [-0.39, 0.29) is 5.25 Å². The van der Waals surface area contributed by atoms with Gasteiger partial charge in [0.15, 0.2) is 0 Å². The highest BCUT2D eigenvalue weighted by atomic mass is 32.2. The zero-order chi connectivity index (χ0) is 8.15. The van der Waals surface area contributed by atoms with Gasteiger partial charge in [-0.25, -0.2) is 4.79 Å². The SMILES string of the molecule is CC(C)S(=O)/C=C/C(=O)O. The second-order valence-corrected chi connectivity index (χ2v) is 3.89. The molecule has 3 nitrogen and oxygen atoms in total. The Morgan fingerprint density at radius 3 is 2.40 bits per heavy atom. The maximum Gasteiger partial charge on any atom is 0.328 e. The predicted molar refractivity (Wildman–Crippen MR) is 40.1 cm³/mol. The summed E-state index contributed by atoms with van der Waals surface area (Å²) in [4.78, 5) is 9.91. The summed E-state index contributed by atoms with van der Waals surface area (Å²) in [6, 6.07) is 0. The van der Waals surface area contributed by atoms with E-state index < -0.39 is 16.8 Å². The van der Waals surface area contributed by atoms with Crippen LogP contribution in [0, 0.1) is 0 Å². The first-order valence-electron chi connectivity index (χ1n) is 2.84. The van der Waals surface area contributed by atoms with Crippen LogP contribution in [0.2, 0.25) is 0 Å². The van der Waals surface area contributed by atoms with E-state index >= 15 is 0 Å². The summed E-state index contributed by atoms with van der Waals surface area (Å²) in [5.74, 6) is -1.06. The van der Waals surface area contributed by atoms with Crippen molar-refractivity contribution >= 4 is 16.8 Å². The minimum absolute atomic E-state index is 0.0180. The number of hydrogen-bond acceptors (Lipinski definition) is 2. The van der Waals surface area contributed by atoms with Crippen molar-refractivity contribution in [3.05, 3.63) is 11.5 Å². The van der Waals surface area contributed by atoms with E-state index in [0.717, 1.165) is 6.08 Å². The number of aliphatic carboxylic acids is 1. The molecule has 0 radical (unpaired) electrons. The molecular weight excluding hydrogens is 152 g/mol. The summed E-state index contributed by atoms with van der Waals surface area (Å²) >= 11 is 0. The minimum Gasteiger partial charge on any atom is -0.478 e. The average Bonchev–Trinajstić information content (AvgIpc) is 1.82. The molecule has 4 heteroatoms. The van der Waals surface area contributed by atoms with Crippen LogP contribution in [-0.4, -0.2) is 20.5 Å². The van der Waals surface area contributed by atoms with Crippen LogP contribution in [0.3, 0.4) is 0 Å². The van der Waals surface area contributed by atoms with E-state index in [1.807, 2.05) is 0 Å². The largest absolute Gasteiger partial charge is 0.478 e. The maximum atomic E-state index is 10.8. The molecule has 10 heavy (non-hydrogen) atoms. The standard InChI is InChI=1S/C6H10O3S/c1-5(2)10(9)4-3-6(7)8/h3-5H,1-2H3,(H,7,8)/b4-3+. The van der Waals surface area contributed by atoms with Crippen LogP contribution >= 0.6 is 0 Å². The molecule has 0 aromatic carbocycles. The first-order chi connectivity index (χ1) is 4.54. The van der Waals surface area contributed by atoms with Crippen molar-refractivity contribution < 1.29 is 14.1 Å². The molecule has 0 aromatic heterocycles. The summed E-state index contributed by atoms with van der Waals surface area (Å²) in [6.45, 7) is 3.53. The zero-order valence-electron chi connectivity index (χ0n) is 5.90. The first-order valence-corrected chi connectivity index (χ1v) is 4.12. The van der Waals surface area contributed by atoms with E-state index in [1.54, 1.807) is 13.8 Å². The normalized spacial score (nSPS) is 14.3. The Kier molecular flexibility index (Phi) is 3.95. The van der Waals surface area contributed by atoms with Gasteiger partial charge in [-0.1, -0.05) is 13.8 Å². The van der Waals surface area contributed by atoms with Crippen LogP contribution < -0.4 is 0 Å². The smallest absolute Gasteiger partial charge is 0.328 e. The fraction of sp³-hybridized carbons (Fsp3) is 0.500. The molecule has 0 fully saturated rings.